The van der Waals surface area contributed by atoms with Gasteiger partial charge in [0.05, 0.1) is 6.61 Å². The van der Waals surface area contributed by atoms with Crippen LogP contribution in [-0.4, -0.2) is 24.3 Å². The molecule has 0 saturated heterocycles. The largest absolute Gasteiger partial charge is 0.395 e. The summed E-state index contributed by atoms with van der Waals surface area (Å²) in [5.74, 6) is 0. The van der Waals surface area contributed by atoms with Crippen LogP contribution in [0.5, 0.6) is 0 Å². The number of nitrogens with zero attached hydrogens (tertiary/aromatic N) is 1. The number of hydrogen-bond donors (Lipinski definition) is 2. The first kappa shape index (κ1) is 15.0. The zero-order valence-corrected chi connectivity index (χ0v) is 11.8. The minimum absolute atomic E-state index is 0.0109. The molecule has 0 aliphatic heterocycles. The fourth-order valence-corrected chi connectivity index (χ4v) is 2.47. The van der Waals surface area contributed by atoms with Crippen molar-refractivity contribution in [1.82, 2.24) is 0 Å². The van der Waals surface area contributed by atoms with Gasteiger partial charge in [0.25, 0.3) is 0 Å². The maximum atomic E-state index is 9.29. The third kappa shape index (κ3) is 3.47. The van der Waals surface area contributed by atoms with Crippen LogP contribution < -0.4 is 10.6 Å². The van der Waals surface area contributed by atoms with Crippen molar-refractivity contribution in [3.8, 4) is 0 Å². The molecule has 3 nitrogen and oxygen atoms in total. The van der Waals surface area contributed by atoms with Crippen LogP contribution in [0.4, 0.5) is 5.69 Å². The van der Waals surface area contributed by atoms with Gasteiger partial charge in [-0.05, 0) is 31.4 Å². The van der Waals surface area contributed by atoms with E-state index in [9.17, 15) is 5.11 Å². The molecule has 0 radical (unpaired) electrons. The van der Waals surface area contributed by atoms with Crippen LogP contribution >= 0.6 is 0 Å². The Bertz CT molecular complexity index is 348. The van der Waals surface area contributed by atoms with Crippen LogP contribution in [0.25, 0.3) is 0 Å². The van der Waals surface area contributed by atoms with Crippen LogP contribution in [0.2, 0.25) is 0 Å². The molecule has 18 heavy (non-hydrogen) atoms. The van der Waals surface area contributed by atoms with Crippen LogP contribution in [0.3, 0.4) is 0 Å². The van der Waals surface area contributed by atoms with Gasteiger partial charge < -0.3 is 15.7 Å². The Morgan fingerprint density at radius 1 is 1.22 bits per heavy atom. The van der Waals surface area contributed by atoms with Gasteiger partial charge in [0.2, 0.25) is 0 Å². The molecule has 0 bridgehead atoms. The summed E-state index contributed by atoms with van der Waals surface area (Å²) in [6.07, 6.45) is 2.15. The smallest absolute Gasteiger partial charge is 0.0606 e. The first-order valence-electron chi connectivity index (χ1n) is 6.87. The molecule has 3 heteroatoms. The third-order valence-electron chi connectivity index (χ3n) is 3.46. The van der Waals surface area contributed by atoms with Crippen molar-refractivity contribution in [3.63, 3.8) is 0 Å². The van der Waals surface area contributed by atoms with E-state index < -0.39 is 0 Å². The predicted molar refractivity (Wildman–Crippen MR) is 77.8 cm³/mol. The van der Waals surface area contributed by atoms with E-state index in [1.54, 1.807) is 0 Å². The average molecular weight is 250 g/mol. The van der Waals surface area contributed by atoms with E-state index >= 15 is 0 Å². The molecular formula is C15H26N2O. The van der Waals surface area contributed by atoms with Gasteiger partial charge >= 0.3 is 0 Å². The summed E-state index contributed by atoms with van der Waals surface area (Å²) in [6, 6.07) is 8.70. The fraction of sp³-hybridized carbons (Fsp3) is 0.600. The minimum Gasteiger partial charge on any atom is -0.395 e. The zero-order chi connectivity index (χ0) is 13.5. The Morgan fingerprint density at radius 2 is 1.83 bits per heavy atom. The Kier molecular flexibility index (Phi) is 6.16. The average Bonchev–Trinajstić information content (AvgIpc) is 2.39. The quantitative estimate of drug-likeness (QED) is 0.782. The lowest BCUT2D eigenvalue weighted by Gasteiger charge is -2.34. The number of nitrogens with two attached hydrogens (primary N) is 1. The first-order chi connectivity index (χ1) is 8.65. The van der Waals surface area contributed by atoms with Gasteiger partial charge in [-0.15, -0.1) is 0 Å². The second kappa shape index (κ2) is 7.39. The summed E-state index contributed by atoms with van der Waals surface area (Å²) in [5.41, 5.74) is 8.36. The van der Waals surface area contributed by atoms with Crippen molar-refractivity contribution < 1.29 is 5.11 Å². The summed E-state index contributed by atoms with van der Waals surface area (Å²) in [5, 5.41) is 9.29. The standard InChI is InChI=1S/C15H26N2O/c1-4-13(5-2)17(10-11-18)15-9-7-6-8-14(15)12(3)16/h6-9,12-13,18H,4-5,10-11,16H2,1-3H3/t12-/m0/s1. The van der Waals surface area contributed by atoms with Crippen molar-refractivity contribution >= 4 is 5.69 Å². The van der Waals surface area contributed by atoms with Crippen LogP contribution in [0.15, 0.2) is 24.3 Å². The summed E-state index contributed by atoms with van der Waals surface area (Å²) < 4.78 is 0. The molecule has 0 aliphatic rings. The van der Waals surface area contributed by atoms with Crippen molar-refractivity contribution in [2.24, 2.45) is 5.73 Å². The molecule has 1 aromatic carbocycles. The molecule has 0 amide bonds. The molecule has 1 aromatic rings. The van der Waals surface area contributed by atoms with E-state index in [0.717, 1.165) is 24.1 Å². The molecule has 0 spiro atoms. The summed E-state index contributed by atoms with van der Waals surface area (Å²) in [4.78, 5) is 2.29. The lowest BCUT2D eigenvalue weighted by Crippen LogP contribution is -2.37. The lowest BCUT2D eigenvalue weighted by atomic mass is 10.0. The van der Waals surface area contributed by atoms with Gasteiger partial charge in [-0.2, -0.15) is 0 Å². The number of para-hydroxylation sites is 1. The Balaban J connectivity index is 3.12. The number of aliphatic hydroxyl groups excluding tert-OH is 1. The van der Waals surface area contributed by atoms with Crippen molar-refractivity contribution in [1.29, 1.82) is 0 Å². The molecule has 0 heterocycles. The van der Waals surface area contributed by atoms with Gasteiger partial charge in [0.15, 0.2) is 0 Å². The Morgan fingerprint density at radius 3 is 2.33 bits per heavy atom. The minimum atomic E-state index is 0.0109. The van der Waals surface area contributed by atoms with Gasteiger partial charge in [-0.3, -0.25) is 0 Å². The molecule has 0 fully saturated rings. The number of aliphatic hydroxyl groups is 1. The van der Waals surface area contributed by atoms with Crippen LogP contribution in [0.1, 0.15) is 45.2 Å². The molecule has 1 rings (SSSR count). The summed E-state index contributed by atoms with van der Waals surface area (Å²) in [7, 11) is 0. The maximum absolute atomic E-state index is 9.29. The van der Waals surface area contributed by atoms with Gasteiger partial charge in [0.1, 0.15) is 0 Å². The van der Waals surface area contributed by atoms with Crippen molar-refractivity contribution in [3.05, 3.63) is 29.8 Å². The molecular weight excluding hydrogens is 224 g/mol. The highest BCUT2D eigenvalue weighted by atomic mass is 16.3. The molecule has 3 N–H and O–H groups in total. The molecule has 1 atom stereocenters. The van der Waals surface area contributed by atoms with Crippen LogP contribution in [-0.2, 0) is 0 Å². The SMILES string of the molecule is CCC(CC)N(CCO)c1ccccc1[C@H](C)N. The molecule has 0 unspecified atom stereocenters. The van der Waals surface area contributed by atoms with Crippen molar-refractivity contribution in [2.45, 2.75) is 45.7 Å². The van der Waals surface area contributed by atoms with Gasteiger partial charge in [-0.25, -0.2) is 0 Å². The highest BCUT2D eigenvalue weighted by Crippen LogP contribution is 2.28. The number of rotatable bonds is 7. The molecule has 0 saturated carbocycles. The maximum Gasteiger partial charge on any atom is 0.0606 e. The van der Waals surface area contributed by atoms with E-state index in [2.05, 4.69) is 30.9 Å². The second-order valence-corrected chi connectivity index (χ2v) is 4.73. The topological polar surface area (TPSA) is 49.5 Å². The van der Waals surface area contributed by atoms with Gasteiger partial charge in [0, 0.05) is 24.3 Å². The molecule has 102 valence electrons. The van der Waals surface area contributed by atoms with Gasteiger partial charge in [-0.1, -0.05) is 32.0 Å². The normalized spacial score (nSPS) is 12.8. The van der Waals surface area contributed by atoms with E-state index in [0.29, 0.717) is 12.6 Å². The number of hydrogen-bond acceptors (Lipinski definition) is 3. The molecule has 0 aromatic heterocycles. The monoisotopic (exact) mass is 250 g/mol. The summed E-state index contributed by atoms with van der Waals surface area (Å²) >= 11 is 0. The fourth-order valence-electron chi connectivity index (χ4n) is 2.47. The van der Waals surface area contributed by atoms with E-state index in [4.69, 9.17) is 5.73 Å². The van der Waals surface area contributed by atoms with E-state index in [1.165, 1.54) is 0 Å². The number of benzene rings is 1. The Hall–Kier alpha value is -1.06. The number of anilines is 1. The third-order valence-corrected chi connectivity index (χ3v) is 3.46. The highest BCUT2D eigenvalue weighted by molar-refractivity contribution is 5.55. The lowest BCUT2D eigenvalue weighted by molar-refractivity contribution is 0.296. The van der Waals surface area contributed by atoms with E-state index in [1.807, 2.05) is 19.1 Å². The Labute approximate surface area is 111 Å². The summed E-state index contributed by atoms with van der Waals surface area (Å²) in [6.45, 7) is 7.21. The first-order valence-corrected chi connectivity index (χ1v) is 6.87. The molecule has 0 aliphatic carbocycles. The van der Waals surface area contributed by atoms with Crippen molar-refractivity contribution in [2.75, 3.05) is 18.1 Å². The second-order valence-electron chi connectivity index (χ2n) is 4.73. The predicted octanol–water partition coefficient (Wildman–Crippen LogP) is 2.69. The van der Waals surface area contributed by atoms with E-state index in [-0.39, 0.29) is 12.6 Å². The van der Waals surface area contributed by atoms with Crippen LogP contribution in [0, 0.1) is 0 Å². The highest BCUT2D eigenvalue weighted by Gasteiger charge is 2.18. The zero-order valence-electron chi connectivity index (χ0n) is 11.8.